The molecule has 4 aromatic carbocycles. The zero-order valence-electron chi connectivity index (χ0n) is 22.6. The topological polar surface area (TPSA) is 85.9 Å². The van der Waals surface area contributed by atoms with Gasteiger partial charge >= 0.3 is 0 Å². The summed E-state index contributed by atoms with van der Waals surface area (Å²) in [5.74, 6) is 1.54. The molecule has 0 aliphatic carbocycles. The van der Waals surface area contributed by atoms with Gasteiger partial charge in [-0.2, -0.15) is 0 Å². The van der Waals surface area contributed by atoms with Gasteiger partial charge in [0.2, 0.25) is 11.8 Å². The molecule has 0 fully saturated rings. The minimum absolute atomic E-state index is 0.0220. The first-order chi connectivity index (χ1) is 19.0. The van der Waals surface area contributed by atoms with Gasteiger partial charge < -0.3 is 24.8 Å². The van der Waals surface area contributed by atoms with Gasteiger partial charge in [0.1, 0.15) is 24.7 Å². The molecule has 7 heteroatoms. The summed E-state index contributed by atoms with van der Waals surface area (Å²) in [7, 11) is 0. The number of amides is 2. The molecular formula is C32H36N2O5. The highest BCUT2D eigenvalue weighted by Gasteiger charge is 2.06. The Balaban J connectivity index is 1.21. The van der Waals surface area contributed by atoms with Crippen LogP contribution in [0.4, 0.5) is 0 Å². The Labute approximate surface area is 229 Å². The molecule has 0 heterocycles. The number of rotatable bonds is 14. The Morgan fingerprint density at radius 1 is 0.615 bits per heavy atom. The average Bonchev–Trinajstić information content (AvgIpc) is 2.92. The zero-order chi connectivity index (χ0) is 27.5. The molecule has 0 spiro atoms. The molecule has 0 aliphatic rings. The second kappa shape index (κ2) is 14.2. The van der Waals surface area contributed by atoms with Gasteiger partial charge in [-0.05, 0) is 69.8 Å². The smallest absolute Gasteiger partial charge is 0.216 e. The van der Waals surface area contributed by atoms with E-state index in [0.717, 1.165) is 45.9 Å². The molecule has 0 atom stereocenters. The van der Waals surface area contributed by atoms with Crippen LogP contribution in [0.3, 0.4) is 0 Å². The minimum Gasteiger partial charge on any atom is -0.491 e. The van der Waals surface area contributed by atoms with E-state index in [1.54, 1.807) is 0 Å². The van der Waals surface area contributed by atoms with Crippen LogP contribution in [0.1, 0.15) is 25.0 Å². The fraction of sp³-hybridized carbons (Fsp3) is 0.312. The molecule has 0 unspecified atom stereocenters. The number of benzene rings is 4. The van der Waals surface area contributed by atoms with Crippen LogP contribution >= 0.6 is 0 Å². The van der Waals surface area contributed by atoms with Gasteiger partial charge in [0.25, 0.3) is 0 Å². The van der Waals surface area contributed by atoms with Gasteiger partial charge in [-0.25, -0.2) is 0 Å². The maximum absolute atomic E-state index is 11.2. The number of carbonyl (C=O) groups excluding carboxylic acids is 2. The van der Waals surface area contributed by atoms with E-state index in [9.17, 15) is 9.59 Å². The number of ether oxygens (including phenoxy) is 3. The molecule has 0 saturated carbocycles. The van der Waals surface area contributed by atoms with Crippen molar-refractivity contribution >= 4 is 33.4 Å². The van der Waals surface area contributed by atoms with Crippen LogP contribution in [0, 0.1) is 0 Å². The molecule has 0 bridgehead atoms. The molecule has 7 nitrogen and oxygen atoms in total. The monoisotopic (exact) mass is 528 g/mol. The molecule has 0 saturated heterocycles. The van der Waals surface area contributed by atoms with E-state index in [4.69, 9.17) is 14.2 Å². The summed E-state index contributed by atoms with van der Waals surface area (Å²) in [6, 6.07) is 24.5. The van der Waals surface area contributed by atoms with Crippen molar-refractivity contribution in [1.29, 1.82) is 0 Å². The number of hydrogen-bond donors (Lipinski definition) is 2. The first-order valence-corrected chi connectivity index (χ1v) is 13.3. The third-order valence-corrected chi connectivity index (χ3v) is 6.42. The Bertz CT molecular complexity index is 1310. The van der Waals surface area contributed by atoms with E-state index in [1.807, 2.05) is 36.4 Å². The highest BCUT2D eigenvalue weighted by molar-refractivity contribution is 5.88. The summed E-state index contributed by atoms with van der Waals surface area (Å²) in [4.78, 5) is 22.4. The lowest BCUT2D eigenvalue weighted by molar-refractivity contribution is -0.119. The molecule has 4 rings (SSSR count). The van der Waals surface area contributed by atoms with Crippen molar-refractivity contribution in [2.45, 2.75) is 26.7 Å². The fourth-order valence-corrected chi connectivity index (χ4v) is 4.53. The van der Waals surface area contributed by atoms with E-state index in [-0.39, 0.29) is 11.8 Å². The molecule has 204 valence electrons. The third kappa shape index (κ3) is 8.45. The molecule has 39 heavy (non-hydrogen) atoms. The second-order valence-corrected chi connectivity index (χ2v) is 9.38. The predicted molar refractivity (Wildman–Crippen MR) is 154 cm³/mol. The lowest BCUT2D eigenvalue weighted by Gasteiger charge is -2.12. The number of hydrogen-bond acceptors (Lipinski definition) is 5. The maximum Gasteiger partial charge on any atom is 0.216 e. The quantitative estimate of drug-likeness (QED) is 0.229. The van der Waals surface area contributed by atoms with Crippen LogP contribution in [0.5, 0.6) is 11.5 Å². The lowest BCUT2D eigenvalue weighted by Crippen LogP contribution is -2.22. The van der Waals surface area contributed by atoms with Gasteiger partial charge in [0, 0.05) is 26.9 Å². The molecule has 4 aromatic rings. The standard InChI is InChI=1S/C32H36N2O5/c1-23(35)33-15-13-27-7-3-5-25-9-11-29(21-31(25)27)38-19-17-37-18-20-39-30-12-10-26-6-4-8-28(32(26)22-30)14-16-34-24(2)36/h3-12,21-22H,13-20H2,1-2H3,(H,33,35)(H,34,36). The van der Waals surface area contributed by atoms with E-state index >= 15 is 0 Å². The Kier molecular flexibility index (Phi) is 10.1. The first kappa shape index (κ1) is 27.9. The van der Waals surface area contributed by atoms with Gasteiger partial charge in [0.15, 0.2) is 0 Å². The normalized spacial score (nSPS) is 10.9. The number of nitrogens with one attached hydrogen (secondary N) is 2. The summed E-state index contributed by atoms with van der Waals surface area (Å²) >= 11 is 0. The van der Waals surface area contributed by atoms with E-state index in [0.29, 0.717) is 39.5 Å². The molecule has 0 radical (unpaired) electrons. The maximum atomic E-state index is 11.2. The van der Waals surface area contributed by atoms with E-state index < -0.39 is 0 Å². The molecular weight excluding hydrogens is 492 g/mol. The van der Waals surface area contributed by atoms with Crippen molar-refractivity contribution in [2.24, 2.45) is 0 Å². The summed E-state index contributed by atoms with van der Waals surface area (Å²) in [5.41, 5.74) is 2.35. The summed E-state index contributed by atoms with van der Waals surface area (Å²) in [6.45, 7) is 6.05. The van der Waals surface area contributed by atoms with Gasteiger partial charge in [-0.15, -0.1) is 0 Å². The first-order valence-electron chi connectivity index (χ1n) is 13.3. The molecule has 0 aliphatic heterocycles. The van der Waals surface area contributed by atoms with E-state index in [1.165, 1.54) is 25.0 Å². The number of fused-ring (bicyclic) bond motifs is 2. The summed E-state index contributed by atoms with van der Waals surface area (Å²) in [5, 5.41) is 10.2. The molecule has 2 N–H and O–H groups in total. The Morgan fingerprint density at radius 3 is 1.51 bits per heavy atom. The van der Waals surface area contributed by atoms with Gasteiger partial charge in [0.05, 0.1) is 13.2 Å². The van der Waals surface area contributed by atoms with Crippen LogP contribution in [0.2, 0.25) is 0 Å². The van der Waals surface area contributed by atoms with Crippen molar-refractivity contribution in [3.8, 4) is 11.5 Å². The highest BCUT2D eigenvalue weighted by Crippen LogP contribution is 2.26. The van der Waals surface area contributed by atoms with Crippen molar-refractivity contribution < 1.29 is 23.8 Å². The van der Waals surface area contributed by atoms with Crippen molar-refractivity contribution in [3.63, 3.8) is 0 Å². The van der Waals surface area contributed by atoms with Crippen molar-refractivity contribution in [1.82, 2.24) is 10.6 Å². The lowest BCUT2D eigenvalue weighted by atomic mass is 10.0. The largest absolute Gasteiger partial charge is 0.491 e. The number of carbonyl (C=O) groups is 2. The summed E-state index contributed by atoms with van der Waals surface area (Å²) < 4.78 is 17.6. The van der Waals surface area contributed by atoms with Crippen molar-refractivity contribution in [3.05, 3.63) is 83.9 Å². The molecule has 2 amide bonds. The van der Waals surface area contributed by atoms with Crippen LogP contribution < -0.4 is 20.1 Å². The fourth-order valence-electron chi connectivity index (χ4n) is 4.53. The SMILES string of the molecule is CC(=O)NCCc1cccc2ccc(OCCOCCOc3ccc4cccc(CCNC(C)=O)c4c3)cc12. The van der Waals surface area contributed by atoms with Crippen LogP contribution in [-0.4, -0.2) is 51.3 Å². The minimum atomic E-state index is -0.0220. The Morgan fingerprint density at radius 2 is 1.08 bits per heavy atom. The average molecular weight is 529 g/mol. The second-order valence-electron chi connectivity index (χ2n) is 9.38. The predicted octanol–water partition coefficient (Wildman–Crippen LogP) is 4.82. The van der Waals surface area contributed by atoms with Crippen LogP contribution in [0.25, 0.3) is 21.5 Å². The Hall–Kier alpha value is -4.10. The summed E-state index contributed by atoms with van der Waals surface area (Å²) in [6.07, 6.45) is 1.53. The van der Waals surface area contributed by atoms with E-state index in [2.05, 4.69) is 47.0 Å². The van der Waals surface area contributed by atoms with Gasteiger partial charge in [-0.3, -0.25) is 9.59 Å². The zero-order valence-corrected chi connectivity index (χ0v) is 22.6. The molecule has 0 aromatic heterocycles. The van der Waals surface area contributed by atoms with Crippen molar-refractivity contribution in [2.75, 3.05) is 39.5 Å². The third-order valence-electron chi connectivity index (χ3n) is 6.42. The highest BCUT2D eigenvalue weighted by atomic mass is 16.5. The van der Waals surface area contributed by atoms with Gasteiger partial charge in [-0.1, -0.05) is 48.5 Å². The van der Waals surface area contributed by atoms with Crippen LogP contribution in [-0.2, 0) is 27.2 Å². The van der Waals surface area contributed by atoms with Crippen LogP contribution in [0.15, 0.2) is 72.8 Å².